The van der Waals surface area contributed by atoms with E-state index in [2.05, 4.69) is 22.3 Å². The van der Waals surface area contributed by atoms with Gasteiger partial charge < -0.3 is 10.6 Å². The standard InChI is InChI=1S/C16H25N3O3S.ClH/c1-3-10-23(21,22)19-15-7-5-4-6-14(15)16(20)18-13-8-9-17-12(2)11-13;/h4-7,12-13,17,19H,3,8-11H2,1-2H3,(H,18,20);1H. The van der Waals surface area contributed by atoms with Gasteiger partial charge in [-0.05, 0) is 44.9 Å². The molecule has 0 bridgehead atoms. The highest BCUT2D eigenvalue weighted by molar-refractivity contribution is 7.92. The highest BCUT2D eigenvalue weighted by atomic mass is 35.5. The largest absolute Gasteiger partial charge is 0.349 e. The molecular weight excluding hydrogens is 350 g/mol. The van der Waals surface area contributed by atoms with Crippen LogP contribution in [0.1, 0.15) is 43.5 Å². The number of hydrogen-bond acceptors (Lipinski definition) is 4. The number of anilines is 1. The Morgan fingerprint density at radius 2 is 2.04 bits per heavy atom. The molecule has 136 valence electrons. The lowest BCUT2D eigenvalue weighted by atomic mass is 10.00. The summed E-state index contributed by atoms with van der Waals surface area (Å²) in [5.74, 6) is -0.201. The quantitative estimate of drug-likeness (QED) is 0.710. The Bertz CT molecular complexity index is 652. The van der Waals surface area contributed by atoms with Gasteiger partial charge in [0.1, 0.15) is 0 Å². The summed E-state index contributed by atoms with van der Waals surface area (Å²) in [4.78, 5) is 12.5. The van der Waals surface area contributed by atoms with Gasteiger partial charge in [0, 0.05) is 12.1 Å². The van der Waals surface area contributed by atoms with Crippen LogP contribution in [-0.4, -0.2) is 38.7 Å². The molecule has 1 saturated heterocycles. The smallest absolute Gasteiger partial charge is 0.253 e. The molecule has 1 amide bonds. The normalized spacial score (nSPS) is 20.8. The molecular formula is C16H26ClN3O3S. The second-order valence-electron chi connectivity index (χ2n) is 6.02. The van der Waals surface area contributed by atoms with Crippen molar-refractivity contribution in [2.75, 3.05) is 17.0 Å². The lowest BCUT2D eigenvalue weighted by Crippen LogP contribution is -2.46. The molecule has 1 aliphatic heterocycles. The highest BCUT2D eigenvalue weighted by Gasteiger charge is 2.22. The van der Waals surface area contributed by atoms with Crippen molar-refractivity contribution in [1.29, 1.82) is 0 Å². The first-order chi connectivity index (χ1) is 10.9. The van der Waals surface area contributed by atoms with Gasteiger partial charge in [-0.15, -0.1) is 12.4 Å². The third-order valence-electron chi connectivity index (χ3n) is 3.87. The van der Waals surface area contributed by atoms with Crippen LogP contribution in [-0.2, 0) is 10.0 Å². The number of sulfonamides is 1. The summed E-state index contributed by atoms with van der Waals surface area (Å²) in [7, 11) is -3.42. The number of carbonyl (C=O) groups excluding carboxylic acids is 1. The van der Waals surface area contributed by atoms with Gasteiger partial charge >= 0.3 is 0 Å². The van der Waals surface area contributed by atoms with Gasteiger partial charge in [-0.2, -0.15) is 0 Å². The molecule has 0 aromatic heterocycles. The predicted molar refractivity (Wildman–Crippen MR) is 99.3 cm³/mol. The molecule has 8 heteroatoms. The Kier molecular flexibility index (Phi) is 7.99. The lowest BCUT2D eigenvalue weighted by Gasteiger charge is -2.28. The predicted octanol–water partition coefficient (Wildman–Crippen LogP) is 2.13. The number of benzene rings is 1. The number of para-hydroxylation sites is 1. The molecule has 2 rings (SSSR count). The molecule has 1 aromatic carbocycles. The molecule has 2 atom stereocenters. The second kappa shape index (κ2) is 9.25. The van der Waals surface area contributed by atoms with Crippen molar-refractivity contribution < 1.29 is 13.2 Å². The maximum absolute atomic E-state index is 12.5. The summed E-state index contributed by atoms with van der Waals surface area (Å²) in [5, 5.41) is 6.35. The van der Waals surface area contributed by atoms with Gasteiger partial charge in [-0.25, -0.2) is 8.42 Å². The molecule has 0 aliphatic carbocycles. The van der Waals surface area contributed by atoms with E-state index >= 15 is 0 Å². The molecule has 6 nitrogen and oxygen atoms in total. The van der Waals surface area contributed by atoms with Crippen LogP contribution in [0.15, 0.2) is 24.3 Å². The summed E-state index contributed by atoms with van der Waals surface area (Å²) in [6, 6.07) is 7.19. The van der Waals surface area contributed by atoms with E-state index in [0.29, 0.717) is 23.7 Å². The summed E-state index contributed by atoms with van der Waals surface area (Å²) in [6.45, 7) is 4.76. The van der Waals surface area contributed by atoms with E-state index in [4.69, 9.17) is 0 Å². The Morgan fingerprint density at radius 3 is 2.71 bits per heavy atom. The molecule has 0 radical (unpaired) electrons. The minimum atomic E-state index is -3.42. The molecule has 1 aromatic rings. The number of hydrogen-bond donors (Lipinski definition) is 3. The average Bonchev–Trinajstić information content (AvgIpc) is 2.47. The minimum absolute atomic E-state index is 0. The zero-order valence-corrected chi connectivity index (χ0v) is 15.7. The van der Waals surface area contributed by atoms with E-state index in [-0.39, 0.29) is 30.1 Å². The first-order valence-electron chi connectivity index (χ1n) is 8.05. The van der Waals surface area contributed by atoms with Crippen molar-refractivity contribution >= 4 is 34.0 Å². The van der Waals surface area contributed by atoms with Crippen molar-refractivity contribution in [1.82, 2.24) is 10.6 Å². The Balaban J connectivity index is 0.00000288. The first-order valence-corrected chi connectivity index (χ1v) is 9.70. The first kappa shape index (κ1) is 20.7. The maximum Gasteiger partial charge on any atom is 0.253 e. The number of rotatable bonds is 6. The van der Waals surface area contributed by atoms with E-state index in [1.807, 2.05) is 0 Å². The third-order valence-corrected chi connectivity index (χ3v) is 5.35. The van der Waals surface area contributed by atoms with Crippen LogP contribution < -0.4 is 15.4 Å². The zero-order chi connectivity index (χ0) is 16.9. The molecule has 0 saturated carbocycles. The topological polar surface area (TPSA) is 87.3 Å². The fraction of sp³-hybridized carbons (Fsp3) is 0.562. The lowest BCUT2D eigenvalue weighted by molar-refractivity contribution is 0.0926. The molecule has 2 unspecified atom stereocenters. The van der Waals surface area contributed by atoms with Gasteiger partial charge in [0.15, 0.2) is 0 Å². The molecule has 1 heterocycles. The molecule has 1 fully saturated rings. The van der Waals surface area contributed by atoms with Crippen molar-refractivity contribution in [3.63, 3.8) is 0 Å². The second-order valence-corrected chi connectivity index (χ2v) is 7.86. The molecule has 1 aliphatic rings. The number of amides is 1. The van der Waals surface area contributed by atoms with E-state index in [1.165, 1.54) is 0 Å². The van der Waals surface area contributed by atoms with E-state index < -0.39 is 10.0 Å². The van der Waals surface area contributed by atoms with E-state index in [0.717, 1.165) is 19.4 Å². The van der Waals surface area contributed by atoms with Crippen molar-refractivity contribution in [2.45, 2.75) is 45.2 Å². The van der Waals surface area contributed by atoms with Crippen LogP contribution in [0, 0.1) is 0 Å². The highest BCUT2D eigenvalue weighted by Crippen LogP contribution is 2.18. The van der Waals surface area contributed by atoms with Crippen molar-refractivity contribution in [3.05, 3.63) is 29.8 Å². The van der Waals surface area contributed by atoms with E-state index in [1.54, 1.807) is 31.2 Å². The van der Waals surface area contributed by atoms with Crippen LogP contribution in [0.2, 0.25) is 0 Å². The summed E-state index contributed by atoms with van der Waals surface area (Å²) in [5.41, 5.74) is 0.693. The van der Waals surface area contributed by atoms with E-state index in [9.17, 15) is 13.2 Å². The van der Waals surface area contributed by atoms with Crippen LogP contribution >= 0.6 is 12.4 Å². The summed E-state index contributed by atoms with van der Waals surface area (Å²) >= 11 is 0. The summed E-state index contributed by atoms with van der Waals surface area (Å²) in [6.07, 6.45) is 2.27. The van der Waals surface area contributed by atoms with Gasteiger partial charge in [0.05, 0.1) is 17.0 Å². The fourth-order valence-corrected chi connectivity index (χ4v) is 3.94. The van der Waals surface area contributed by atoms with Crippen LogP contribution in [0.5, 0.6) is 0 Å². The number of nitrogens with one attached hydrogen (secondary N) is 3. The monoisotopic (exact) mass is 375 g/mol. The Hall–Kier alpha value is -1.31. The molecule has 24 heavy (non-hydrogen) atoms. The van der Waals surface area contributed by atoms with Gasteiger partial charge in [-0.3, -0.25) is 9.52 Å². The maximum atomic E-state index is 12.5. The third kappa shape index (κ3) is 5.96. The summed E-state index contributed by atoms with van der Waals surface area (Å²) < 4.78 is 26.4. The Labute approximate surface area is 150 Å². The van der Waals surface area contributed by atoms with Gasteiger partial charge in [-0.1, -0.05) is 19.1 Å². The van der Waals surface area contributed by atoms with Crippen LogP contribution in [0.3, 0.4) is 0 Å². The molecule has 0 spiro atoms. The average molecular weight is 376 g/mol. The minimum Gasteiger partial charge on any atom is -0.349 e. The van der Waals surface area contributed by atoms with Gasteiger partial charge in [0.25, 0.3) is 5.91 Å². The van der Waals surface area contributed by atoms with Crippen LogP contribution in [0.25, 0.3) is 0 Å². The number of piperidine rings is 1. The SMILES string of the molecule is CCCS(=O)(=O)Nc1ccccc1C(=O)NC1CCNC(C)C1.Cl. The van der Waals surface area contributed by atoms with Crippen molar-refractivity contribution in [3.8, 4) is 0 Å². The zero-order valence-electron chi connectivity index (χ0n) is 14.0. The fourth-order valence-electron chi connectivity index (χ4n) is 2.78. The number of carbonyl (C=O) groups is 1. The Morgan fingerprint density at radius 1 is 1.33 bits per heavy atom. The molecule has 3 N–H and O–H groups in total. The number of halogens is 1. The van der Waals surface area contributed by atoms with Gasteiger partial charge in [0.2, 0.25) is 10.0 Å². The van der Waals surface area contributed by atoms with Crippen LogP contribution in [0.4, 0.5) is 5.69 Å². The van der Waals surface area contributed by atoms with Crippen molar-refractivity contribution in [2.24, 2.45) is 0 Å².